The number of benzene rings is 1. The van der Waals surface area contributed by atoms with Gasteiger partial charge in [0.2, 0.25) is 0 Å². The maximum absolute atomic E-state index is 13.5. The molecule has 20 heavy (non-hydrogen) atoms. The van der Waals surface area contributed by atoms with E-state index in [4.69, 9.17) is 5.26 Å². The number of halogens is 1. The maximum Gasteiger partial charge on any atom is 0.123 e. The molecule has 0 amide bonds. The second-order valence-corrected chi connectivity index (χ2v) is 7.38. The molecule has 0 aliphatic carbocycles. The summed E-state index contributed by atoms with van der Waals surface area (Å²) < 4.78 is 25.7. The van der Waals surface area contributed by atoms with E-state index in [1.807, 2.05) is 0 Å². The fraction of sp³-hybridized carbons (Fsp3) is 0.438. The fourth-order valence-corrected chi connectivity index (χ4v) is 5.12. The normalized spacial score (nSPS) is 28.6. The van der Waals surface area contributed by atoms with Crippen LogP contribution in [0.3, 0.4) is 0 Å². The van der Waals surface area contributed by atoms with Gasteiger partial charge in [-0.15, -0.1) is 0 Å². The average molecular weight is 289 g/mol. The van der Waals surface area contributed by atoms with Crippen molar-refractivity contribution in [3.63, 3.8) is 0 Å². The molecule has 1 aromatic rings. The van der Waals surface area contributed by atoms with E-state index in [9.17, 15) is 8.60 Å². The van der Waals surface area contributed by atoms with Crippen molar-refractivity contribution in [3.05, 3.63) is 41.2 Å². The molecule has 3 rings (SSSR count). The second-order valence-electron chi connectivity index (χ2n) is 5.45. The molecule has 1 aromatic carbocycles. The number of fused-ring (bicyclic) bond motifs is 2. The predicted molar refractivity (Wildman–Crippen MR) is 77.9 cm³/mol. The first kappa shape index (κ1) is 13.5. The number of hydrogen-bond acceptors (Lipinski definition) is 2. The minimum absolute atomic E-state index is 0.107. The lowest BCUT2D eigenvalue weighted by Crippen LogP contribution is -2.33. The molecule has 2 nitrogen and oxygen atoms in total. The minimum Gasteiger partial charge on any atom is -0.259 e. The minimum atomic E-state index is -0.781. The van der Waals surface area contributed by atoms with Crippen LogP contribution in [0.2, 0.25) is 0 Å². The predicted octanol–water partition coefficient (Wildman–Crippen LogP) is 3.35. The lowest BCUT2D eigenvalue weighted by molar-refractivity contribution is 0.579. The van der Waals surface area contributed by atoms with Crippen LogP contribution in [0.15, 0.2) is 24.3 Å². The van der Waals surface area contributed by atoms with Crippen molar-refractivity contribution in [2.24, 2.45) is 0 Å². The van der Waals surface area contributed by atoms with Crippen molar-refractivity contribution in [2.75, 3.05) is 0 Å². The van der Waals surface area contributed by atoms with Crippen LogP contribution in [0, 0.1) is 17.1 Å². The molecular weight excluding hydrogens is 273 g/mol. The van der Waals surface area contributed by atoms with Gasteiger partial charge in [0.05, 0.1) is 17.7 Å². The Hall–Kier alpha value is -1.47. The first-order chi connectivity index (χ1) is 9.69. The van der Waals surface area contributed by atoms with E-state index in [1.165, 1.54) is 12.1 Å². The van der Waals surface area contributed by atoms with Crippen LogP contribution in [0.25, 0.3) is 5.57 Å². The van der Waals surface area contributed by atoms with Gasteiger partial charge in [-0.3, -0.25) is 4.21 Å². The lowest BCUT2D eigenvalue weighted by atomic mass is 9.90. The highest BCUT2D eigenvalue weighted by Gasteiger charge is 2.34. The van der Waals surface area contributed by atoms with Crippen LogP contribution in [-0.2, 0) is 17.2 Å². The Morgan fingerprint density at radius 2 is 2.25 bits per heavy atom. The van der Waals surface area contributed by atoms with Gasteiger partial charge in [0.25, 0.3) is 0 Å². The Morgan fingerprint density at radius 1 is 1.40 bits per heavy atom. The van der Waals surface area contributed by atoms with E-state index >= 15 is 0 Å². The van der Waals surface area contributed by atoms with Gasteiger partial charge in [0.15, 0.2) is 0 Å². The third kappa shape index (κ3) is 2.43. The smallest absolute Gasteiger partial charge is 0.123 e. The second kappa shape index (κ2) is 5.49. The highest BCUT2D eigenvalue weighted by Crippen LogP contribution is 2.38. The summed E-state index contributed by atoms with van der Waals surface area (Å²) in [6.45, 7) is 0. The number of rotatable bonds is 2. The van der Waals surface area contributed by atoms with E-state index in [0.29, 0.717) is 0 Å². The zero-order chi connectivity index (χ0) is 14.1. The molecule has 0 spiro atoms. The summed E-state index contributed by atoms with van der Waals surface area (Å²) in [4.78, 5) is 0. The summed E-state index contributed by atoms with van der Waals surface area (Å²) >= 11 is 0. The van der Waals surface area contributed by atoms with Crippen LogP contribution >= 0.6 is 0 Å². The molecular formula is C16H16FNOS. The monoisotopic (exact) mass is 289 g/mol. The van der Waals surface area contributed by atoms with Gasteiger partial charge in [0.1, 0.15) is 5.82 Å². The molecule has 3 atom stereocenters. The zero-order valence-electron chi connectivity index (χ0n) is 11.1. The standard InChI is InChI=1S/C16H16FNOS/c17-13-5-4-11(6-7-18)16(10-13)12-8-14-2-1-3-15(9-12)20(14)19/h4-5,8,10,14-15H,1-3,6,9H2. The SMILES string of the molecule is N#CCc1ccc(F)cc1C1=CC2CCCC(C1)S2=O. The highest BCUT2D eigenvalue weighted by molar-refractivity contribution is 7.86. The van der Waals surface area contributed by atoms with Crippen LogP contribution in [0.5, 0.6) is 0 Å². The van der Waals surface area contributed by atoms with E-state index in [-0.39, 0.29) is 22.7 Å². The third-order valence-electron chi connectivity index (χ3n) is 4.16. The summed E-state index contributed by atoms with van der Waals surface area (Å²) in [7, 11) is -0.781. The lowest BCUT2D eigenvalue weighted by Gasteiger charge is -2.33. The summed E-state index contributed by atoms with van der Waals surface area (Å²) in [6.07, 6.45) is 6.15. The van der Waals surface area contributed by atoms with Gasteiger partial charge < -0.3 is 0 Å². The van der Waals surface area contributed by atoms with E-state index < -0.39 is 10.8 Å². The Kier molecular flexibility index (Phi) is 3.71. The first-order valence-corrected chi connectivity index (χ1v) is 8.22. The fourth-order valence-electron chi connectivity index (χ4n) is 3.19. The molecule has 1 fully saturated rings. The van der Waals surface area contributed by atoms with Crippen molar-refractivity contribution in [1.29, 1.82) is 5.26 Å². The third-order valence-corrected chi connectivity index (χ3v) is 6.19. The largest absolute Gasteiger partial charge is 0.259 e. The number of nitriles is 1. The van der Waals surface area contributed by atoms with Crippen molar-refractivity contribution in [2.45, 2.75) is 42.6 Å². The highest BCUT2D eigenvalue weighted by atomic mass is 32.2. The molecule has 0 aromatic heterocycles. The number of nitrogens with zero attached hydrogens (tertiary/aromatic N) is 1. The summed E-state index contributed by atoms with van der Waals surface area (Å²) in [5.74, 6) is -0.278. The first-order valence-electron chi connectivity index (χ1n) is 6.95. The maximum atomic E-state index is 13.5. The van der Waals surface area contributed by atoms with E-state index in [2.05, 4.69) is 12.1 Å². The number of hydrogen-bond donors (Lipinski definition) is 0. The van der Waals surface area contributed by atoms with Gasteiger partial charge in [-0.05, 0) is 48.1 Å². The molecule has 3 unspecified atom stereocenters. The molecule has 2 bridgehead atoms. The van der Waals surface area contributed by atoms with Gasteiger partial charge in [-0.1, -0.05) is 18.6 Å². The van der Waals surface area contributed by atoms with Crippen LogP contribution in [0.4, 0.5) is 4.39 Å². The molecule has 2 heterocycles. The van der Waals surface area contributed by atoms with Crippen molar-refractivity contribution in [1.82, 2.24) is 0 Å². The Labute approximate surface area is 120 Å². The summed E-state index contributed by atoms with van der Waals surface area (Å²) in [6, 6.07) is 6.74. The number of allylic oxidation sites excluding steroid dienone is 1. The molecule has 0 saturated carbocycles. The van der Waals surface area contributed by atoms with Gasteiger partial charge in [0, 0.05) is 16.0 Å². The van der Waals surface area contributed by atoms with Crippen LogP contribution in [-0.4, -0.2) is 14.7 Å². The quantitative estimate of drug-likeness (QED) is 0.837. The average Bonchev–Trinajstić information content (AvgIpc) is 2.41. The van der Waals surface area contributed by atoms with Crippen molar-refractivity contribution >= 4 is 16.4 Å². The zero-order valence-corrected chi connectivity index (χ0v) is 12.0. The topological polar surface area (TPSA) is 40.9 Å². The molecule has 4 heteroatoms. The van der Waals surface area contributed by atoms with Crippen LogP contribution in [0.1, 0.15) is 36.8 Å². The molecule has 2 aliphatic rings. The van der Waals surface area contributed by atoms with Gasteiger partial charge >= 0.3 is 0 Å². The molecule has 104 valence electrons. The van der Waals surface area contributed by atoms with Gasteiger partial charge in [-0.25, -0.2) is 4.39 Å². The molecule has 1 saturated heterocycles. The van der Waals surface area contributed by atoms with Crippen molar-refractivity contribution < 1.29 is 8.60 Å². The molecule has 2 aliphatic heterocycles. The van der Waals surface area contributed by atoms with Gasteiger partial charge in [-0.2, -0.15) is 5.26 Å². The Morgan fingerprint density at radius 3 is 3.00 bits per heavy atom. The van der Waals surface area contributed by atoms with E-state index in [0.717, 1.165) is 42.4 Å². The summed E-state index contributed by atoms with van der Waals surface area (Å²) in [5.41, 5.74) is 2.77. The molecule has 0 radical (unpaired) electrons. The molecule has 0 N–H and O–H groups in total. The Bertz CT molecular complexity index is 632. The summed E-state index contributed by atoms with van der Waals surface area (Å²) in [5, 5.41) is 9.21. The van der Waals surface area contributed by atoms with Crippen LogP contribution < -0.4 is 0 Å². The van der Waals surface area contributed by atoms with Crippen molar-refractivity contribution in [3.8, 4) is 6.07 Å². The Balaban J connectivity index is 2.03. The van der Waals surface area contributed by atoms with E-state index in [1.54, 1.807) is 6.07 Å².